The quantitative estimate of drug-likeness (QED) is 0.332. The van der Waals surface area contributed by atoms with Crippen molar-refractivity contribution in [2.45, 2.75) is 13.3 Å². The van der Waals surface area contributed by atoms with Gasteiger partial charge in [-0.05, 0) is 58.3 Å². The molecule has 0 aromatic heterocycles. The van der Waals surface area contributed by atoms with E-state index in [0.29, 0.717) is 11.1 Å². The lowest BCUT2D eigenvalue weighted by atomic mass is 9.96. The monoisotopic (exact) mass is 405 g/mol. The molecule has 148 valence electrons. The summed E-state index contributed by atoms with van der Waals surface area (Å²) in [5, 5.41) is 9.00. The normalized spacial score (nSPS) is 10.9. The molecule has 30 heavy (non-hydrogen) atoms. The van der Waals surface area contributed by atoms with Crippen LogP contribution in [-0.4, -0.2) is 0 Å². The first-order valence-corrected chi connectivity index (χ1v) is 9.33. The Balaban J connectivity index is 1.82. The molecule has 1 nitrogen and oxygen atoms in total. The molecule has 0 fully saturated rings. The summed E-state index contributed by atoms with van der Waals surface area (Å²) in [5.74, 6) is -3.57. The van der Waals surface area contributed by atoms with Crippen LogP contribution in [0.25, 0.3) is 33.0 Å². The zero-order valence-electron chi connectivity index (χ0n) is 15.9. The number of nitriles is 1. The van der Waals surface area contributed by atoms with Gasteiger partial charge in [-0.25, -0.2) is 17.6 Å². The van der Waals surface area contributed by atoms with Crippen LogP contribution in [0.3, 0.4) is 0 Å². The molecule has 0 heterocycles. The van der Waals surface area contributed by atoms with E-state index in [-0.39, 0.29) is 21.9 Å². The van der Waals surface area contributed by atoms with Gasteiger partial charge in [-0.3, -0.25) is 0 Å². The molecule has 0 aliphatic rings. The van der Waals surface area contributed by atoms with Gasteiger partial charge in [0.1, 0.15) is 29.1 Å². The molecule has 0 saturated heterocycles. The first-order valence-electron chi connectivity index (χ1n) is 9.33. The Morgan fingerprint density at radius 3 is 1.97 bits per heavy atom. The van der Waals surface area contributed by atoms with Crippen molar-refractivity contribution in [3.05, 3.63) is 95.1 Å². The van der Waals surface area contributed by atoms with E-state index in [9.17, 15) is 17.6 Å². The Labute approximate surface area is 170 Å². The number of hydrogen-bond acceptors (Lipinski definition) is 1. The summed E-state index contributed by atoms with van der Waals surface area (Å²) < 4.78 is 58.0. The fraction of sp³-hybridized carbons (Fsp3) is 0.0800. The molecule has 0 unspecified atom stereocenters. The number of fused-ring (bicyclic) bond motifs is 1. The highest BCUT2D eigenvalue weighted by atomic mass is 19.1. The molecular formula is C25H15F4N. The molecule has 0 aliphatic heterocycles. The number of hydrogen-bond donors (Lipinski definition) is 0. The molecule has 0 aliphatic carbocycles. The van der Waals surface area contributed by atoms with E-state index in [0.717, 1.165) is 18.1 Å². The summed E-state index contributed by atoms with van der Waals surface area (Å²) in [6.45, 7) is 2.02. The van der Waals surface area contributed by atoms with Gasteiger partial charge in [-0.2, -0.15) is 5.26 Å². The maximum atomic E-state index is 14.9. The van der Waals surface area contributed by atoms with E-state index in [1.807, 2.05) is 19.1 Å². The summed E-state index contributed by atoms with van der Waals surface area (Å²) in [6, 6.07) is 16.3. The maximum Gasteiger partial charge on any atom is 0.151 e. The summed E-state index contributed by atoms with van der Waals surface area (Å²) in [5.41, 5.74) is 1.37. The van der Waals surface area contributed by atoms with Crippen LogP contribution in [0.2, 0.25) is 0 Å². The molecular weight excluding hydrogens is 390 g/mol. The molecule has 4 rings (SSSR count). The Kier molecular flexibility index (Phi) is 5.01. The first kappa shape index (κ1) is 19.7. The highest BCUT2D eigenvalue weighted by Gasteiger charge is 2.18. The van der Waals surface area contributed by atoms with E-state index >= 15 is 0 Å². The Bertz CT molecular complexity index is 1300. The topological polar surface area (TPSA) is 23.8 Å². The van der Waals surface area contributed by atoms with E-state index in [2.05, 4.69) is 0 Å². The fourth-order valence-electron chi connectivity index (χ4n) is 3.54. The van der Waals surface area contributed by atoms with Gasteiger partial charge >= 0.3 is 0 Å². The van der Waals surface area contributed by atoms with Gasteiger partial charge < -0.3 is 0 Å². The smallest absolute Gasteiger partial charge is 0.151 e. The number of rotatable bonds is 3. The van der Waals surface area contributed by atoms with Gasteiger partial charge in [-0.15, -0.1) is 0 Å². The third kappa shape index (κ3) is 3.31. The predicted molar refractivity (Wildman–Crippen MR) is 109 cm³/mol. The van der Waals surface area contributed by atoms with Crippen molar-refractivity contribution in [2.24, 2.45) is 0 Å². The SMILES string of the molecule is CCc1ccc(-c2cc(F)c(-c3ccc4c(F)c(C#N)c(F)cc4c3)c(F)c2)cc1. The van der Waals surface area contributed by atoms with Gasteiger partial charge in [0, 0.05) is 5.39 Å². The van der Waals surface area contributed by atoms with Crippen LogP contribution in [0, 0.1) is 34.6 Å². The third-order valence-electron chi connectivity index (χ3n) is 5.17. The van der Waals surface area contributed by atoms with Crippen LogP contribution < -0.4 is 0 Å². The molecule has 0 saturated carbocycles. The number of aryl methyl sites for hydroxylation is 1. The highest BCUT2D eigenvalue weighted by Crippen LogP contribution is 2.34. The lowest BCUT2D eigenvalue weighted by Gasteiger charge is -2.11. The molecule has 0 radical (unpaired) electrons. The standard InChI is InChI=1S/C25H15F4N/c1-2-14-3-5-15(6-4-14)17-10-22(27)24(23(28)11-17)16-7-8-19-18(9-16)12-21(26)20(13-30)25(19)29/h3-12H,2H2,1H3. The van der Waals surface area contributed by atoms with Gasteiger partial charge in [0.25, 0.3) is 0 Å². The van der Waals surface area contributed by atoms with Crippen molar-refractivity contribution < 1.29 is 17.6 Å². The highest BCUT2D eigenvalue weighted by molar-refractivity contribution is 5.89. The largest absolute Gasteiger partial charge is 0.206 e. The van der Waals surface area contributed by atoms with E-state index in [4.69, 9.17) is 5.26 Å². The summed E-state index contributed by atoms with van der Waals surface area (Å²) in [4.78, 5) is 0. The second kappa shape index (κ2) is 7.64. The molecule has 0 spiro atoms. The summed E-state index contributed by atoms with van der Waals surface area (Å²) in [6.07, 6.45) is 0.862. The lowest BCUT2D eigenvalue weighted by molar-refractivity contribution is 0.585. The zero-order valence-corrected chi connectivity index (χ0v) is 15.9. The van der Waals surface area contributed by atoms with Crippen molar-refractivity contribution in [3.8, 4) is 28.3 Å². The first-order chi connectivity index (χ1) is 14.4. The van der Waals surface area contributed by atoms with Crippen LogP contribution >= 0.6 is 0 Å². The number of halogens is 4. The minimum Gasteiger partial charge on any atom is -0.206 e. The van der Waals surface area contributed by atoms with Crippen molar-refractivity contribution in [1.82, 2.24) is 0 Å². The summed E-state index contributed by atoms with van der Waals surface area (Å²) in [7, 11) is 0. The van der Waals surface area contributed by atoms with Crippen LogP contribution in [0.4, 0.5) is 17.6 Å². The maximum absolute atomic E-state index is 14.9. The van der Waals surface area contributed by atoms with E-state index < -0.39 is 28.8 Å². The third-order valence-corrected chi connectivity index (χ3v) is 5.17. The minimum absolute atomic E-state index is 0.00477. The van der Waals surface area contributed by atoms with E-state index in [1.165, 1.54) is 36.4 Å². The van der Waals surface area contributed by atoms with Crippen LogP contribution in [0.1, 0.15) is 18.1 Å². The molecule has 0 amide bonds. The fourth-order valence-corrected chi connectivity index (χ4v) is 3.54. The average molecular weight is 405 g/mol. The number of benzene rings is 4. The molecule has 0 bridgehead atoms. The second-order valence-corrected chi connectivity index (χ2v) is 6.96. The minimum atomic E-state index is -1.02. The Morgan fingerprint density at radius 1 is 0.733 bits per heavy atom. The van der Waals surface area contributed by atoms with Crippen molar-refractivity contribution in [2.75, 3.05) is 0 Å². The second-order valence-electron chi connectivity index (χ2n) is 6.96. The molecule has 4 aromatic rings. The molecule has 5 heteroatoms. The van der Waals surface area contributed by atoms with Gasteiger partial charge in [0.15, 0.2) is 5.82 Å². The van der Waals surface area contributed by atoms with Crippen LogP contribution in [0.15, 0.2) is 60.7 Å². The van der Waals surface area contributed by atoms with E-state index in [1.54, 1.807) is 12.1 Å². The van der Waals surface area contributed by atoms with Gasteiger partial charge in [-0.1, -0.05) is 43.3 Å². The Morgan fingerprint density at radius 2 is 1.37 bits per heavy atom. The average Bonchev–Trinajstić information content (AvgIpc) is 2.73. The molecule has 0 atom stereocenters. The van der Waals surface area contributed by atoms with Gasteiger partial charge in [0.05, 0.1) is 5.56 Å². The lowest BCUT2D eigenvalue weighted by Crippen LogP contribution is -1.95. The molecule has 4 aromatic carbocycles. The zero-order chi connectivity index (χ0) is 21.4. The summed E-state index contributed by atoms with van der Waals surface area (Å²) >= 11 is 0. The van der Waals surface area contributed by atoms with Crippen molar-refractivity contribution in [1.29, 1.82) is 5.26 Å². The molecule has 0 N–H and O–H groups in total. The van der Waals surface area contributed by atoms with Crippen LogP contribution in [0.5, 0.6) is 0 Å². The number of nitrogens with zero attached hydrogens (tertiary/aromatic N) is 1. The predicted octanol–water partition coefficient (Wildman–Crippen LogP) is 7.16. The van der Waals surface area contributed by atoms with Crippen LogP contribution in [-0.2, 0) is 6.42 Å². The van der Waals surface area contributed by atoms with Crippen molar-refractivity contribution in [3.63, 3.8) is 0 Å². The van der Waals surface area contributed by atoms with Gasteiger partial charge in [0.2, 0.25) is 0 Å². The van der Waals surface area contributed by atoms with Crippen molar-refractivity contribution >= 4 is 10.8 Å². The Hall–Kier alpha value is -3.65.